The van der Waals surface area contributed by atoms with Crippen LogP contribution in [0.25, 0.3) is 11.3 Å². The number of rotatable bonds is 6. The summed E-state index contributed by atoms with van der Waals surface area (Å²) in [6.45, 7) is 3.12. The topological polar surface area (TPSA) is 82.1 Å². The Morgan fingerprint density at radius 2 is 2.00 bits per heavy atom. The molecule has 1 aliphatic carbocycles. The van der Waals surface area contributed by atoms with Crippen LogP contribution in [0.4, 0.5) is 11.6 Å². The summed E-state index contributed by atoms with van der Waals surface area (Å²) < 4.78 is 0. The average molecular weight is 416 g/mol. The number of anilines is 2. The third kappa shape index (κ3) is 5.59. The molecule has 0 spiro atoms. The zero-order chi connectivity index (χ0) is 20.1. The molecule has 0 radical (unpaired) electrons. The lowest BCUT2D eigenvalue weighted by Crippen LogP contribution is -2.33. The van der Waals surface area contributed by atoms with Gasteiger partial charge in [-0.15, -0.1) is 0 Å². The molecule has 1 atom stereocenters. The van der Waals surface area contributed by atoms with Gasteiger partial charge in [0.05, 0.1) is 16.8 Å². The van der Waals surface area contributed by atoms with Crippen LogP contribution in [0.5, 0.6) is 0 Å². The Morgan fingerprint density at radius 3 is 2.79 bits per heavy atom. The summed E-state index contributed by atoms with van der Waals surface area (Å²) in [7, 11) is 0. The minimum atomic E-state index is -0.161. The second-order valence-electron chi connectivity index (χ2n) is 8.20. The Morgan fingerprint density at radius 1 is 1.14 bits per heavy atom. The van der Waals surface area contributed by atoms with E-state index in [1.165, 1.54) is 12.8 Å². The second kappa shape index (κ2) is 9.74. The van der Waals surface area contributed by atoms with Crippen molar-refractivity contribution in [2.75, 3.05) is 30.3 Å². The van der Waals surface area contributed by atoms with Crippen LogP contribution in [-0.4, -0.2) is 46.9 Å². The molecular weight excluding hydrogens is 386 g/mol. The number of nitrogens with zero attached hydrogens (tertiary/aromatic N) is 2. The van der Waals surface area contributed by atoms with Gasteiger partial charge in [-0.1, -0.05) is 17.7 Å². The summed E-state index contributed by atoms with van der Waals surface area (Å²) >= 11 is 6.45. The largest absolute Gasteiger partial charge is 0.393 e. The first-order chi connectivity index (χ1) is 14.2. The van der Waals surface area contributed by atoms with Gasteiger partial charge in [0.2, 0.25) is 0 Å². The molecule has 29 heavy (non-hydrogen) atoms. The molecule has 0 amide bonds. The molecule has 1 saturated heterocycles. The van der Waals surface area contributed by atoms with E-state index in [0.29, 0.717) is 17.0 Å². The van der Waals surface area contributed by atoms with Gasteiger partial charge in [0.15, 0.2) is 0 Å². The highest BCUT2D eigenvalue weighted by Crippen LogP contribution is 2.30. The maximum absolute atomic E-state index is 9.70. The average Bonchev–Trinajstić information content (AvgIpc) is 2.76. The van der Waals surface area contributed by atoms with Crippen molar-refractivity contribution in [2.24, 2.45) is 5.92 Å². The summed E-state index contributed by atoms with van der Waals surface area (Å²) in [5, 5.41) is 20.7. The monoisotopic (exact) mass is 415 g/mol. The van der Waals surface area contributed by atoms with E-state index in [1.54, 1.807) is 6.20 Å². The first kappa shape index (κ1) is 20.4. The lowest BCUT2D eigenvalue weighted by Gasteiger charge is -2.26. The van der Waals surface area contributed by atoms with E-state index in [-0.39, 0.29) is 6.10 Å². The number of halogens is 1. The molecule has 4 rings (SSSR count). The summed E-state index contributed by atoms with van der Waals surface area (Å²) in [4.78, 5) is 9.22. The van der Waals surface area contributed by atoms with Crippen molar-refractivity contribution < 1.29 is 5.11 Å². The van der Waals surface area contributed by atoms with Gasteiger partial charge in [-0.2, -0.15) is 0 Å². The van der Waals surface area contributed by atoms with Gasteiger partial charge in [0.1, 0.15) is 11.6 Å². The van der Waals surface area contributed by atoms with E-state index < -0.39 is 0 Å². The first-order valence-electron chi connectivity index (χ1n) is 10.7. The molecule has 3 heterocycles. The number of piperidine rings is 1. The molecule has 2 aromatic rings. The fourth-order valence-corrected chi connectivity index (χ4v) is 4.37. The van der Waals surface area contributed by atoms with E-state index in [2.05, 4.69) is 20.9 Å². The van der Waals surface area contributed by atoms with Crippen LogP contribution >= 0.6 is 11.6 Å². The lowest BCUT2D eigenvalue weighted by atomic mass is 9.93. The smallest absolute Gasteiger partial charge is 0.126 e. The van der Waals surface area contributed by atoms with Gasteiger partial charge in [-0.25, -0.2) is 9.97 Å². The second-order valence-corrected chi connectivity index (χ2v) is 8.61. The highest BCUT2D eigenvalue weighted by Gasteiger charge is 2.20. The Hall–Kier alpha value is -1.89. The minimum absolute atomic E-state index is 0.161. The molecule has 6 nitrogen and oxygen atoms in total. The number of aliphatic hydroxyl groups is 1. The zero-order valence-electron chi connectivity index (χ0n) is 16.7. The van der Waals surface area contributed by atoms with Crippen LogP contribution < -0.4 is 16.0 Å². The lowest BCUT2D eigenvalue weighted by molar-refractivity contribution is 0.126. The predicted molar refractivity (Wildman–Crippen MR) is 118 cm³/mol. The number of aromatic nitrogens is 2. The van der Waals surface area contributed by atoms with Gasteiger partial charge in [-0.3, -0.25) is 0 Å². The molecule has 2 aliphatic rings. The SMILES string of the molecule is OC1CCC(Nc2cc(-c3cccc(NC[C@@H]4CCCNC4)n3)c(Cl)cn2)CC1. The Labute approximate surface area is 177 Å². The van der Waals surface area contributed by atoms with E-state index in [0.717, 1.165) is 68.2 Å². The minimum Gasteiger partial charge on any atom is -0.393 e. The quantitative estimate of drug-likeness (QED) is 0.572. The fourth-order valence-electron chi connectivity index (χ4n) is 4.17. The maximum Gasteiger partial charge on any atom is 0.126 e. The Balaban J connectivity index is 1.44. The van der Waals surface area contributed by atoms with E-state index in [9.17, 15) is 5.11 Å². The van der Waals surface area contributed by atoms with Crippen LogP contribution in [0.3, 0.4) is 0 Å². The van der Waals surface area contributed by atoms with Crippen LogP contribution in [0, 0.1) is 5.92 Å². The molecular formula is C22H30ClN5O. The van der Waals surface area contributed by atoms with Gasteiger partial charge < -0.3 is 21.1 Å². The number of hydrogen-bond acceptors (Lipinski definition) is 6. The van der Waals surface area contributed by atoms with Gasteiger partial charge in [-0.05, 0) is 75.7 Å². The summed E-state index contributed by atoms with van der Waals surface area (Å²) in [6.07, 6.45) is 7.60. The van der Waals surface area contributed by atoms with E-state index in [4.69, 9.17) is 16.6 Å². The molecule has 0 bridgehead atoms. The summed E-state index contributed by atoms with van der Waals surface area (Å²) in [5.74, 6) is 2.32. The van der Waals surface area contributed by atoms with Crippen molar-refractivity contribution in [3.8, 4) is 11.3 Å². The fraction of sp³-hybridized carbons (Fsp3) is 0.545. The van der Waals surface area contributed by atoms with Crippen molar-refractivity contribution in [2.45, 2.75) is 50.7 Å². The van der Waals surface area contributed by atoms with Crippen LogP contribution in [-0.2, 0) is 0 Å². The molecule has 7 heteroatoms. The van der Waals surface area contributed by atoms with Gasteiger partial charge in [0, 0.05) is 24.3 Å². The zero-order valence-corrected chi connectivity index (χ0v) is 17.5. The number of aliphatic hydroxyl groups excluding tert-OH is 1. The molecule has 2 aromatic heterocycles. The molecule has 0 unspecified atom stereocenters. The van der Waals surface area contributed by atoms with Crippen molar-refractivity contribution in [3.05, 3.63) is 35.5 Å². The normalized spacial score (nSPS) is 24.8. The van der Waals surface area contributed by atoms with Crippen molar-refractivity contribution in [1.82, 2.24) is 15.3 Å². The number of pyridine rings is 2. The maximum atomic E-state index is 9.70. The highest BCUT2D eigenvalue weighted by molar-refractivity contribution is 6.33. The van der Waals surface area contributed by atoms with Gasteiger partial charge in [0.25, 0.3) is 0 Å². The molecule has 4 N–H and O–H groups in total. The third-order valence-corrected chi connectivity index (χ3v) is 6.20. The molecule has 1 saturated carbocycles. The summed E-state index contributed by atoms with van der Waals surface area (Å²) in [5.41, 5.74) is 1.72. The third-order valence-electron chi connectivity index (χ3n) is 5.90. The molecule has 1 aliphatic heterocycles. The highest BCUT2D eigenvalue weighted by atomic mass is 35.5. The van der Waals surface area contributed by atoms with Gasteiger partial charge >= 0.3 is 0 Å². The first-order valence-corrected chi connectivity index (χ1v) is 11.1. The van der Waals surface area contributed by atoms with Crippen LogP contribution in [0.1, 0.15) is 38.5 Å². The Bertz CT molecular complexity index is 804. The van der Waals surface area contributed by atoms with E-state index in [1.807, 2.05) is 24.3 Å². The van der Waals surface area contributed by atoms with Crippen LogP contribution in [0.15, 0.2) is 30.5 Å². The van der Waals surface area contributed by atoms with Crippen molar-refractivity contribution in [1.29, 1.82) is 0 Å². The standard InChI is InChI=1S/C22H30ClN5O/c23-19-14-26-22(27-16-6-8-17(29)9-7-16)11-18(19)20-4-1-5-21(28-20)25-13-15-3-2-10-24-12-15/h1,4-5,11,14-17,24,29H,2-3,6-10,12-13H2,(H,25,28)(H,26,27)/t15-,16?,17?/m1/s1. The van der Waals surface area contributed by atoms with E-state index >= 15 is 0 Å². The summed E-state index contributed by atoms with van der Waals surface area (Å²) in [6, 6.07) is 8.31. The van der Waals surface area contributed by atoms with Crippen LogP contribution in [0.2, 0.25) is 5.02 Å². The Kier molecular flexibility index (Phi) is 6.85. The molecule has 156 valence electrons. The van der Waals surface area contributed by atoms with Crippen molar-refractivity contribution >= 4 is 23.2 Å². The number of hydrogen-bond donors (Lipinski definition) is 4. The molecule has 2 fully saturated rings. The van der Waals surface area contributed by atoms with Crippen molar-refractivity contribution in [3.63, 3.8) is 0 Å². The molecule has 0 aromatic carbocycles. The predicted octanol–water partition coefficient (Wildman–Crippen LogP) is 3.92. The number of nitrogens with one attached hydrogen (secondary N) is 3.